The van der Waals surface area contributed by atoms with Crippen molar-refractivity contribution >= 4 is 33.6 Å². The first-order valence-corrected chi connectivity index (χ1v) is 6.90. The Morgan fingerprint density at radius 3 is 2.60 bits per heavy atom. The molecular formula is C13H14BrFN2O3. The molecule has 0 bridgehead atoms. The SMILES string of the molecule is CC(NC(=O)Nc1c(F)cccc1Br)(C(=O)O)C1CC1. The average Bonchev–Trinajstić information content (AvgIpc) is 3.18. The van der Waals surface area contributed by atoms with Crippen LogP contribution in [-0.4, -0.2) is 22.6 Å². The molecule has 1 saturated carbocycles. The van der Waals surface area contributed by atoms with Crippen molar-refractivity contribution in [1.82, 2.24) is 5.32 Å². The van der Waals surface area contributed by atoms with Crippen LogP contribution in [-0.2, 0) is 4.79 Å². The van der Waals surface area contributed by atoms with Gasteiger partial charge in [-0.25, -0.2) is 14.0 Å². The predicted molar refractivity (Wildman–Crippen MR) is 75.0 cm³/mol. The fourth-order valence-corrected chi connectivity index (χ4v) is 2.43. The molecule has 1 aromatic carbocycles. The van der Waals surface area contributed by atoms with Gasteiger partial charge in [-0.2, -0.15) is 0 Å². The fraction of sp³-hybridized carbons (Fsp3) is 0.385. The molecule has 1 fully saturated rings. The maximum Gasteiger partial charge on any atom is 0.329 e. The van der Waals surface area contributed by atoms with E-state index in [1.54, 1.807) is 6.07 Å². The third kappa shape index (κ3) is 2.92. The number of rotatable bonds is 4. The molecule has 0 heterocycles. The van der Waals surface area contributed by atoms with Gasteiger partial charge < -0.3 is 15.7 Å². The highest BCUT2D eigenvalue weighted by Crippen LogP contribution is 2.39. The zero-order valence-electron chi connectivity index (χ0n) is 10.7. The van der Waals surface area contributed by atoms with Gasteiger partial charge in [-0.05, 0) is 53.7 Å². The maximum absolute atomic E-state index is 13.6. The summed E-state index contributed by atoms with van der Waals surface area (Å²) < 4.78 is 14.0. The fourth-order valence-electron chi connectivity index (χ4n) is 1.99. The average molecular weight is 345 g/mol. The highest BCUT2D eigenvalue weighted by molar-refractivity contribution is 9.10. The highest BCUT2D eigenvalue weighted by Gasteiger charge is 2.48. The molecule has 5 nitrogen and oxygen atoms in total. The number of anilines is 1. The van der Waals surface area contributed by atoms with Crippen LogP contribution >= 0.6 is 15.9 Å². The smallest absolute Gasteiger partial charge is 0.329 e. The molecule has 2 rings (SSSR count). The third-order valence-electron chi connectivity index (χ3n) is 3.41. The molecule has 1 atom stereocenters. The Morgan fingerprint density at radius 2 is 2.10 bits per heavy atom. The van der Waals surface area contributed by atoms with Crippen molar-refractivity contribution in [3.63, 3.8) is 0 Å². The van der Waals surface area contributed by atoms with Crippen LogP contribution in [0.5, 0.6) is 0 Å². The largest absolute Gasteiger partial charge is 0.480 e. The van der Waals surface area contributed by atoms with Gasteiger partial charge in [0.25, 0.3) is 0 Å². The van der Waals surface area contributed by atoms with Crippen molar-refractivity contribution in [2.24, 2.45) is 5.92 Å². The standard InChI is InChI=1S/C13H14BrFN2O3/c1-13(11(18)19,7-5-6-7)17-12(20)16-10-8(14)3-2-4-9(10)15/h2-4,7H,5-6H2,1H3,(H,18,19)(H2,16,17,20). The lowest BCUT2D eigenvalue weighted by Gasteiger charge is -2.26. The highest BCUT2D eigenvalue weighted by atomic mass is 79.9. The van der Waals surface area contributed by atoms with Crippen LogP contribution in [0.15, 0.2) is 22.7 Å². The van der Waals surface area contributed by atoms with E-state index >= 15 is 0 Å². The molecule has 0 aromatic heterocycles. The predicted octanol–water partition coefficient (Wildman–Crippen LogP) is 2.96. The Bertz CT molecular complexity index is 542. The first-order valence-electron chi connectivity index (χ1n) is 6.11. The van der Waals surface area contributed by atoms with Crippen molar-refractivity contribution < 1.29 is 19.1 Å². The Kier molecular flexibility index (Phi) is 3.99. The van der Waals surface area contributed by atoms with Crippen LogP contribution in [0.1, 0.15) is 19.8 Å². The Hall–Kier alpha value is -1.63. The second-order valence-corrected chi connectivity index (χ2v) is 5.81. The van der Waals surface area contributed by atoms with Gasteiger partial charge in [0.1, 0.15) is 11.4 Å². The molecule has 2 amide bonds. The minimum atomic E-state index is -1.33. The first-order chi connectivity index (χ1) is 9.34. The molecular weight excluding hydrogens is 331 g/mol. The van der Waals surface area contributed by atoms with E-state index < -0.39 is 23.4 Å². The molecule has 0 saturated heterocycles. The lowest BCUT2D eigenvalue weighted by molar-refractivity contribution is -0.144. The number of hydrogen-bond acceptors (Lipinski definition) is 2. The third-order valence-corrected chi connectivity index (χ3v) is 4.07. The number of amides is 2. The van der Waals surface area contributed by atoms with Crippen LogP contribution in [0.3, 0.4) is 0 Å². The summed E-state index contributed by atoms with van der Waals surface area (Å²) in [5.41, 5.74) is -1.35. The number of benzene rings is 1. The number of aliphatic carboxylic acids is 1. The number of carboxylic acid groups (broad SMARTS) is 1. The van der Waals surface area contributed by atoms with Crippen LogP contribution in [0, 0.1) is 11.7 Å². The number of hydrogen-bond donors (Lipinski definition) is 3. The quantitative estimate of drug-likeness (QED) is 0.785. The Labute approximate surface area is 123 Å². The van der Waals surface area contributed by atoms with E-state index in [9.17, 15) is 19.1 Å². The van der Waals surface area contributed by atoms with E-state index in [-0.39, 0.29) is 11.6 Å². The van der Waals surface area contributed by atoms with Gasteiger partial charge >= 0.3 is 12.0 Å². The number of nitrogens with one attached hydrogen (secondary N) is 2. The summed E-state index contributed by atoms with van der Waals surface area (Å²) in [5, 5.41) is 14.0. The minimum Gasteiger partial charge on any atom is -0.480 e. The van der Waals surface area contributed by atoms with Crippen molar-refractivity contribution in [2.75, 3.05) is 5.32 Å². The van der Waals surface area contributed by atoms with E-state index in [1.807, 2.05) is 0 Å². The van der Waals surface area contributed by atoms with Crippen LogP contribution in [0.25, 0.3) is 0 Å². The monoisotopic (exact) mass is 344 g/mol. The molecule has 1 unspecified atom stereocenters. The van der Waals surface area contributed by atoms with Gasteiger partial charge in [-0.15, -0.1) is 0 Å². The van der Waals surface area contributed by atoms with Crippen LogP contribution in [0.4, 0.5) is 14.9 Å². The van der Waals surface area contributed by atoms with E-state index in [1.165, 1.54) is 19.1 Å². The van der Waals surface area contributed by atoms with Crippen LogP contribution in [0.2, 0.25) is 0 Å². The van der Waals surface area contributed by atoms with Gasteiger partial charge in [-0.3, -0.25) is 0 Å². The topological polar surface area (TPSA) is 78.4 Å². The lowest BCUT2D eigenvalue weighted by Crippen LogP contribution is -2.55. The minimum absolute atomic E-state index is 0.0199. The molecule has 7 heteroatoms. The molecule has 0 radical (unpaired) electrons. The molecule has 1 aliphatic rings. The number of halogens is 2. The molecule has 108 valence electrons. The maximum atomic E-state index is 13.6. The summed E-state index contributed by atoms with van der Waals surface area (Å²) in [4.78, 5) is 23.2. The second kappa shape index (κ2) is 5.40. The summed E-state index contributed by atoms with van der Waals surface area (Å²) in [6, 6.07) is 3.54. The summed E-state index contributed by atoms with van der Waals surface area (Å²) in [7, 11) is 0. The number of carboxylic acids is 1. The number of urea groups is 1. The summed E-state index contributed by atoms with van der Waals surface area (Å²) in [6.07, 6.45) is 1.51. The number of carbonyl (C=O) groups excluding carboxylic acids is 1. The van der Waals surface area contributed by atoms with Crippen molar-refractivity contribution in [2.45, 2.75) is 25.3 Å². The zero-order chi connectivity index (χ0) is 14.9. The Balaban J connectivity index is 2.11. The van der Waals surface area contributed by atoms with E-state index in [2.05, 4.69) is 26.6 Å². The van der Waals surface area contributed by atoms with Crippen molar-refractivity contribution in [3.8, 4) is 0 Å². The number of para-hydroxylation sites is 1. The van der Waals surface area contributed by atoms with Gasteiger partial charge in [0.05, 0.1) is 5.69 Å². The number of carbonyl (C=O) groups is 2. The lowest BCUT2D eigenvalue weighted by atomic mass is 9.96. The van der Waals surface area contributed by atoms with E-state index in [0.717, 1.165) is 12.8 Å². The molecule has 1 aromatic rings. The summed E-state index contributed by atoms with van der Waals surface area (Å²) in [6.45, 7) is 1.46. The van der Waals surface area contributed by atoms with Crippen molar-refractivity contribution in [3.05, 3.63) is 28.5 Å². The molecule has 1 aliphatic carbocycles. The zero-order valence-corrected chi connectivity index (χ0v) is 12.3. The molecule has 0 aliphatic heterocycles. The van der Waals surface area contributed by atoms with Gasteiger partial charge in [0.15, 0.2) is 0 Å². The van der Waals surface area contributed by atoms with Crippen molar-refractivity contribution in [1.29, 1.82) is 0 Å². The normalized spacial score (nSPS) is 17.1. The van der Waals surface area contributed by atoms with E-state index in [0.29, 0.717) is 4.47 Å². The second-order valence-electron chi connectivity index (χ2n) is 4.96. The first kappa shape index (κ1) is 14.8. The van der Waals surface area contributed by atoms with Gasteiger partial charge in [0.2, 0.25) is 0 Å². The summed E-state index contributed by atoms with van der Waals surface area (Å²) >= 11 is 3.13. The van der Waals surface area contributed by atoms with Gasteiger partial charge in [0, 0.05) is 4.47 Å². The van der Waals surface area contributed by atoms with E-state index in [4.69, 9.17) is 0 Å². The van der Waals surface area contributed by atoms with Gasteiger partial charge in [-0.1, -0.05) is 6.07 Å². The molecule has 20 heavy (non-hydrogen) atoms. The Morgan fingerprint density at radius 1 is 1.45 bits per heavy atom. The molecule has 3 N–H and O–H groups in total. The van der Waals surface area contributed by atoms with Crippen LogP contribution < -0.4 is 10.6 Å². The summed E-state index contributed by atoms with van der Waals surface area (Å²) in [5.74, 6) is -1.78. The molecule has 0 spiro atoms.